The number of hydrogen-bond donors (Lipinski definition) is 3. The predicted molar refractivity (Wildman–Crippen MR) is 455 cm³/mol. The van der Waals surface area contributed by atoms with Crippen molar-refractivity contribution in [2.75, 3.05) is 39.6 Å². The molecule has 0 rings (SSSR count). The van der Waals surface area contributed by atoms with E-state index >= 15 is 0 Å². The summed E-state index contributed by atoms with van der Waals surface area (Å²) in [6, 6.07) is 0. The van der Waals surface area contributed by atoms with Crippen molar-refractivity contribution in [1.82, 2.24) is 0 Å². The predicted octanol–water partition coefficient (Wildman–Crippen LogP) is 28.3. The second kappa shape index (κ2) is 83.5. The first-order valence-corrected chi connectivity index (χ1v) is 50.2. The molecule has 0 radical (unpaired) electrons. The zero-order chi connectivity index (χ0) is 80.4. The Morgan fingerprint density at radius 1 is 0.255 bits per heavy atom. The largest absolute Gasteiger partial charge is 0.472 e. The van der Waals surface area contributed by atoms with Crippen LogP contribution in [0.25, 0.3) is 0 Å². The number of carbonyl (C=O) groups excluding carboxylic acids is 4. The van der Waals surface area contributed by atoms with Gasteiger partial charge in [-0.15, -0.1) is 0 Å². The summed E-state index contributed by atoms with van der Waals surface area (Å²) in [5.41, 5.74) is 0. The molecule has 0 fully saturated rings. The summed E-state index contributed by atoms with van der Waals surface area (Å²) in [6.45, 7) is 7.46. The maximum Gasteiger partial charge on any atom is 0.472 e. The van der Waals surface area contributed by atoms with E-state index in [1.54, 1.807) is 0 Å². The Morgan fingerprint density at radius 2 is 0.436 bits per heavy atom. The van der Waals surface area contributed by atoms with Gasteiger partial charge in [-0.2, -0.15) is 0 Å². The van der Waals surface area contributed by atoms with Gasteiger partial charge in [-0.25, -0.2) is 9.13 Å². The molecule has 110 heavy (non-hydrogen) atoms. The monoisotopic (exact) mass is 1610 g/mol. The van der Waals surface area contributed by atoms with Gasteiger partial charge < -0.3 is 33.8 Å². The van der Waals surface area contributed by atoms with Gasteiger partial charge in [-0.05, 0) is 31.6 Å². The summed E-state index contributed by atoms with van der Waals surface area (Å²) in [4.78, 5) is 73.5. The molecule has 3 N–H and O–H groups in total. The van der Waals surface area contributed by atoms with Crippen LogP contribution in [0, 0.1) is 5.92 Å². The number of esters is 4. The number of unbranched alkanes of at least 4 members (excludes halogenated alkanes) is 62. The molecule has 0 bridgehead atoms. The van der Waals surface area contributed by atoms with Gasteiger partial charge in [0.2, 0.25) is 0 Å². The molecule has 0 aliphatic rings. The highest BCUT2D eigenvalue weighted by molar-refractivity contribution is 7.47. The van der Waals surface area contributed by atoms with E-state index in [9.17, 15) is 43.2 Å². The number of phosphoric acid groups is 2. The Kier molecular flexibility index (Phi) is 82.1. The SMILES string of the molecule is CCCCCCCCCCCCCCCCCCCCCCCC(=O)O[C@H](COC(=O)CCCCCCCCCCCCCCCCC(C)CC)COP(=O)(O)OC[C@@H](O)COP(=O)(O)OC[C@@H](COC(=O)CCCCCCCCCCCCCCC)OC(=O)CCCCCCCCCCCCCCCCCCCC. The highest BCUT2D eigenvalue weighted by atomic mass is 31.2. The van der Waals surface area contributed by atoms with Gasteiger partial charge in [-0.1, -0.05) is 446 Å². The lowest BCUT2D eigenvalue weighted by Crippen LogP contribution is -2.30. The standard InChI is InChI=1S/C91H178O17P2/c1-6-10-13-16-19-22-25-28-30-32-34-35-36-38-40-47-52-57-62-67-72-77-91(96)108-87(81-102-89(94)75-70-65-60-55-50-45-42-41-44-48-53-58-63-68-73-84(5)9-4)83-106-110(99,100)104-79-85(92)78-103-109(97,98)105-82-86(80-101-88(93)74-69-64-59-54-49-43-27-24-21-18-15-12-8-3)107-90(95)76-71-66-61-56-51-46-39-37-33-31-29-26-23-20-17-14-11-7-2/h84-87,92H,6-83H2,1-5H3,(H,97,98)(H,99,100)/t84?,85-,86+,87+/m0/s1. The minimum absolute atomic E-state index is 0.110. The second-order valence-electron chi connectivity index (χ2n) is 32.9. The van der Waals surface area contributed by atoms with E-state index in [0.29, 0.717) is 25.7 Å². The van der Waals surface area contributed by atoms with E-state index in [1.807, 2.05) is 0 Å². The highest BCUT2D eigenvalue weighted by Gasteiger charge is 2.31. The third-order valence-electron chi connectivity index (χ3n) is 21.9. The first kappa shape index (κ1) is 108. The summed E-state index contributed by atoms with van der Waals surface area (Å²) in [5, 5.41) is 10.7. The van der Waals surface area contributed by atoms with Gasteiger partial charge in [0.25, 0.3) is 0 Å². The third kappa shape index (κ3) is 82.6. The minimum Gasteiger partial charge on any atom is -0.462 e. The molecular formula is C91H178O17P2. The smallest absolute Gasteiger partial charge is 0.462 e. The quantitative estimate of drug-likeness (QED) is 0.0222. The zero-order valence-electron chi connectivity index (χ0n) is 72.4. The first-order chi connectivity index (χ1) is 53.6. The van der Waals surface area contributed by atoms with Crippen molar-refractivity contribution < 1.29 is 80.2 Å². The van der Waals surface area contributed by atoms with E-state index < -0.39 is 97.5 Å². The van der Waals surface area contributed by atoms with E-state index in [2.05, 4.69) is 34.6 Å². The summed E-state index contributed by atoms with van der Waals surface area (Å²) in [7, 11) is -9.94. The lowest BCUT2D eigenvalue weighted by Gasteiger charge is -2.21. The molecule has 0 saturated carbocycles. The topological polar surface area (TPSA) is 237 Å². The van der Waals surface area contributed by atoms with Crippen molar-refractivity contribution in [3.8, 4) is 0 Å². The number of carbonyl (C=O) groups is 4. The van der Waals surface area contributed by atoms with Crippen LogP contribution in [-0.2, 0) is 65.4 Å². The lowest BCUT2D eigenvalue weighted by atomic mass is 9.99. The maximum absolute atomic E-state index is 13.2. The molecule has 0 aromatic rings. The Morgan fingerprint density at radius 3 is 0.645 bits per heavy atom. The average molecular weight is 1610 g/mol. The summed E-state index contributed by atoms with van der Waals surface area (Å²) in [5.74, 6) is -1.24. The van der Waals surface area contributed by atoms with Gasteiger partial charge in [0, 0.05) is 25.7 Å². The highest BCUT2D eigenvalue weighted by Crippen LogP contribution is 2.45. The van der Waals surface area contributed by atoms with Gasteiger partial charge in [-0.3, -0.25) is 37.3 Å². The molecule has 654 valence electrons. The number of rotatable bonds is 91. The molecule has 0 aliphatic heterocycles. The van der Waals surface area contributed by atoms with Crippen molar-refractivity contribution in [1.29, 1.82) is 0 Å². The molecule has 0 aromatic carbocycles. The second-order valence-corrected chi connectivity index (χ2v) is 35.8. The van der Waals surface area contributed by atoms with E-state index in [-0.39, 0.29) is 25.7 Å². The summed E-state index contributed by atoms with van der Waals surface area (Å²) in [6.07, 6.45) is 79.1. The number of aliphatic hydroxyl groups excluding tert-OH is 1. The van der Waals surface area contributed by atoms with Crippen molar-refractivity contribution in [2.45, 2.75) is 515 Å². The molecule has 0 heterocycles. The van der Waals surface area contributed by atoms with Gasteiger partial charge in [0.05, 0.1) is 26.4 Å². The number of aliphatic hydroxyl groups is 1. The molecule has 0 saturated heterocycles. The zero-order valence-corrected chi connectivity index (χ0v) is 74.2. The number of ether oxygens (including phenoxy) is 4. The molecule has 3 unspecified atom stereocenters. The molecule has 0 spiro atoms. The first-order valence-electron chi connectivity index (χ1n) is 47.2. The maximum atomic E-state index is 13.2. The molecule has 6 atom stereocenters. The van der Waals surface area contributed by atoms with Crippen molar-refractivity contribution in [3.63, 3.8) is 0 Å². The molecule has 0 aromatic heterocycles. The van der Waals surface area contributed by atoms with Crippen molar-refractivity contribution in [2.24, 2.45) is 5.92 Å². The van der Waals surface area contributed by atoms with E-state index in [1.165, 1.54) is 321 Å². The van der Waals surface area contributed by atoms with Crippen LogP contribution in [0.2, 0.25) is 0 Å². The normalized spacial score (nSPS) is 13.9. The van der Waals surface area contributed by atoms with Gasteiger partial charge >= 0.3 is 39.5 Å². The number of phosphoric ester groups is 2. The van der Waals surface area contributed by atoms with E-state index in [4.69, 9.17) is 37.0 Å². The van der Waals surface area contributed by atoms with Crippen LogP contribution in [0.4, 0.5) is 0 Å². The van der Waals surface area contributed by atoms with Gasteiger partial charge in [0.1, 0.15) is 19.3 Å². The van der Waals surface area contributed by atoms with Crippen LogP contribution >= 0.6 is 15.6 Å². The lowest BCUT2D eigenvalue weighted by molar-refractivity contribution is -0.161. The van der Waals surface area contributed by atoms with Crippen LogP contribution in [0.3, 0.4) is 0 Å². The molecule has 0 amide bonds. The van der Waals surface area contributed by atoms with Crippen molar-refractivity contribution >= 4 is 39.5 Å². The Hall–Kier alpha value is -1.94. The van der Waals surface area contributed by atoms with E-state index in [0.717, 1.165) is 95.8 Å². The van der Waals surface area contributed by atoms with Crippen LogP contribution < -0.4 is 0 Å². The van der Waals surface area contributed by atoms with Crippen molar-refractivity contribution in [3.05, 3.63) is 0 Å². The Labute approximate surface area is 677 Å². The fourth-order valence-electron chi connectivity index (χ4n) is 14.3. The van der Waals surface area contributed by atoms with Crippen LogP contribution in [0.15, 0.2) is 0 Å². The van der Waals surface area contributed by atoms with Crippen LogP contribution in [-0.4, -0.2) is 96.7 Å². The van der Waals surface area contributed by atoms with Crippen LogP contribution in [0.5, 0.6) is 0 Å². The third-order valence-corrected chi connectivity index (χ3v) is 23.8. The fraction of sp³-hybridized carbons (Fsp3) is 0.956. The molecule has 0 aliphatic carbocycles. The molecule has 19 heteroatoms. The fourth-order valence-corrected chi connectivity index (χ4v) is 15.9. The Balaban J connectivity index is 5.26. The summed E-state index contributed by atoms with van der Waals surface area (Å²) >= 11 is 0. The number of hydrogen-bond acceptors (Lipinski definition) is 15. The minimum atomic E-state index is -4.97. The molecule has 17 nitrogen and oxygen atoms in total. The van der Waals surface area contributed by atoms with Gasteiger partial charge in [0.15, 0.2) is 12.2 Å². The average Bonchev–Trinajstić information content (AvgIpc) is 0.898. The summed E-state index contributed by atoms with van der Waals surface area (Å²) < 4.78 is 69.1. The molecular weight excluding hydrogens is 1430 g/mol. The Bertz CT molecular complexity index is 2080. The van der Waals surface area contributed by atoms with Crippen LogP contribution in [0.1, 0.15) is 497 Å².